The van der Waals surface area contributed by atoms with Crippen LogP contribution in [0.2, 0.25) is 0 Å². The van der Waals surface area contributed by atoms with Crippen LogP contribution in [-0.4, -0.2) is 12.3 Å². The number of ether oxygens (including phenoxy) is 1. The third-order valence-electron chi connectivity index (χ3n) is 2.73. The molecule has 0 bridgehead atoms. The molecule has 90 valence electrons. The van der Waals surface area contributed by atoms with Gasteiger partial charge in [0, 0.05) is 12.1 Å². The van der Waals surface area contributed by atoms with Gasteiger partial charge in [0.1, 0.15) is 5.75 Å². The highest BCUT2D eigenvalue weighted by molar-refractivity contribution is 5.71. The average molecular weight is 232 g/mol. The SMILES string of the molecule is COc1c(C)cc(C)cc1-c1oncc1CN. The van der Waals surface area contributed by atoms with Gasteiger partial charge in [-0.15, -0.1) is 0 Å². The molecule has 17 heavy (non-hydrogen) atoms. The minimum atomic E-state index is 0.398. The number of hydrogen-bond donors (Lipinski definition) is 1. The quantitative estimate of drug-likeness (QED) is 0.882. The van der Waals surface area contributed by atoms with Crippen molar-refractivity contribution in [3.05, 3.63) is 35.0 Å². The molecule has 2 aromatic rings. The molecule has 1 heterocycles. The Hall–Kier alpha value is -1.81. The van der Waals surface area contributed by atoms with Crippen LogP contribution in [0.5, 0.6) is 5.75 Å². The van der Waals surface area contributed by atoms with E-state index >= 15 is 0 Å². The summed E-state index contributed by atoms with van der Waals surface area (Å²) in [7, 11) is 1.65. The smallest absolute Gasteiger partial charge is 0.175 e. The Bertz CT molecular complexity index is 532. The lowest BCUT2D eigenvalue weighted by Gasteiger charge is -2.11. The fraction of sp³-hybridized carbons (Fsp3) is 0.308. The van der Waals surface area contributed by atoms with Crippen molar-refractivity contribution >= 4 is 0 Å². The maximum Gasteiger partial charge on any atom is 0.175 e. The van der Waals surface area contributed by atoms with Crippen LogP contribution in [0.4, 0.5) is 0 Å². The summed E-state index contributed by atoms with van der Waals surface area (Å²) in [6.07, 6.45) is 1.65. The molecule has 4 heteroatoms. The van der Waals surface area contributed by atoms with Crippen LogP contribution in [0.15, 0.2) is 22.9 Å². The molecule has 0 aliphatic rings. The van der Waals surface area contributed by atoms with Gasteiger partial charge in [-0.2, -0.15) is 0 Å². The molecule has 1 aromatic carbocycles. The standard InChI is InChI=1S/C13H16N2O2/c1-8-4-9(2)12(16-3)11(5-8)13-10(6-14)7-15-17-13/h4-5,7H,6,14H2,1-3H3. The first kappa shape index (κ1) is 11.7. The van der Waals surface area contributed by atoms with Crippen molar-refractivity contribution in [3.63, 3.8) is 0 Å². The molecule has 0 saturated carbocycles. The van der Waals surface area contributed by atoms with E-state index in [1.54, 1.807) is 13.3 Å². The Morgan fingerprint density at radius 1 is 1.35 bits per heavy atom. The summed E-state index contributed by atoms with van der Waals surface area (Å²) >= 11 is 0. The van der Waals surface area contributed by atoms with E-state index in [1.807, 2.05) is 19.9 Å². The van der Waals surface area contributed by atoms with E-state index in [2.05, 4.69) is 11.2 Å². The van der Waals surface area contributed by atoms with Crippen molar-refractivity contribution in [2.24, 2.45) is 5.73 Å². The highest BCUT2D eigenvalue weighted by atomic mass is 16.5. The minimum Gasteiger partial charge on any atom is -0.496 e. The van der Waals surface area contributed by atoms with E-state index in [-0.39, 0.29) is 0 Å². The van der Waals surface area contributed by atoms with Crippen LogP contribution >= 0.6 is 0 Å². The number of rotatable bonds is 3. The zero-order valence-corrected chi connectivity index (χ0v) is 10.3. The highest BCUT2D eigenvalue weighted by Crippen LogP contribution is 2.35. The lowest BCUT2D eigenvalue weighted by molar-refractivity contribution is 0.403. The van der Waals surface area contributed by atoms with Gasteiger partial charge in [-0.25, -0.2) is 0 Å². The first-order valence-corrected chi connectivity index (χ1v) is 5.46. The molecule has 1 aromatic heterocycles. The van der Waals surface area contributed by atoms with E-state index in [4.69, 9.17) is 15.0 Å². The van der Waals surface area contributed by atoms with E-state index in [0.29, 0.717) is 12.3 Å². The maximum absolute atomic E-state index is 5.66. The molecule has 0 aliphatic carbocycles. The minimum absolute atomic E-state index is 0.398. The van der Waals surface area contributed by atoms with Crippen molar-refractivity contribution in [2.45, 2.75) is 20.4 Å². The second kappa shape index (κ2) is 4.59. The summed E-state index contributed by atoms with van der Waals surface area (Å²) in [5.74, 6) is 1.50. The third-order valence-corrected chi connectivity index (χ3v) is 2.73. The van der Waals surface area contributed by atoms with E-state index in [1.165, 1.54) is 0 Å². The molecule has 0 unspecified atom stereocenters. The first-order chi connectivity index (χ1) is 8.17. The summed E-state index contributed by atoms with van der Waals surface area (Å²) in [6.45, 7) is 4.44. The van der Waals surface area contributed by atoms with E-state index < -0.39 is 0 Å². The molecule has 0 radical (unpaired) electrons. The second-order valence-electron chi connectivity index (χ2n) is 4.05. The number of hydrogen-bond acceptors (Lipinski definition) is 4. The number of nitrogens with two attached hydrogens (primary N) is 1. The molecule has 0 atom stereocenters. The fourth-order valence-corrected chi connectivity index (χ4v) is 2.02. The zero-order valence-electron chi connectivity index (χ0n) is 10.3. The monoisotopic (exact) mass is 232 g/mol. The maximum atomic E-state index is 5.66. The molecule has 0 aliphatic heterocycles. The van der Waals surface area contributed by atoms with Crippen LogP contribution < -0.4 is 10.5 Å². The molecule has 4 nitrogen and oxygen atoms in total. The van der Waals surface area contributed by atoms with E-state index in [0.717, 1.165) is 28.0 Å². The van der Waals surface area contributed by atoms with Crippen LogP contribution in [-0.2, 0) is 6.54 Å². The van der Waals surface area contributed by atoms with Gasteiger partial charge in [-0.1, -0.05) is 11.2 Å². The van der Waals surface area contributed by atoms with Crippen molar-refractivity contribution in [2.75, 3.05) is 7.11 Å². The third kappa shape index (κ3) is 2.03. The topological polar surface area (TPSA) is 61.3 Å². The van der Waals surface area contributed by atoms with Crippen LogP contribution in [0, 0.1) is 13.8 Å². The zero-order chi connectivity index (χ0) is 12.4. The summed E-state index contributed by atoms with van der Waals surface area (Å²) in [6, 6.07) is 4.09. The second-order valence-corrected chi connectivity index (χ2v) is 4.05. The fourth-order valence-electron chi connectivity index (χ4n) is 2.02. The summed E-state index contributed by atoms with van der Waals surface area (Å²) < 4.78 is 10.7. The molecular formula is C13H16N2O2. The summed E-state index contributed by atoms with van der Waals surface area (Å²) in [5, 5.41) is 3.79. The van der Waals surface area contributed by atoms with Crippen molar-refractivity contribution in [3.8, 4) is 17.1 Å². The van der Waals surface area contributed by atoms with Gasteiger partial charge in [0.15, 0.2) is 5.76 Å². The Balaban J connectivity index is 2.66. The predicted molar refractivity (Wildman–Crippen MR) is 65.9 cm³/mol. The van der Waals surface area contributed by atoms with Crippen molar-refractivity contribution in [1.82, 2.24) is 5.16 Å². The Kier molecular flexibility index (Phi) is 3.15. The molecule has 2 N–H and O–H groups in total. The summed E-state index contributed by atoms with van der Waals surface area (Å²) in [5.41, 5.74) is 9.67. The molecule has 0 spiro atoms. The van der Waals surface area contributed by atoms with Crippen LogP contribution in [0.1, 0.15) is 16.7 Å². The lowest BCUT2D eigenvalue weighted by atomic mass is 10.0. The number of aromatic nitrogens is 1. The van der Waals surface area contributed by atoms with Gasteiger partial charge >= 0.3 is 0 Å². The summed E-state index contributed by atoms with van der Waals surface area (Å²) in [4.78, 5) is 0. The molecule has 0 saturated heterocycles. The average Bonchev–Trinajstić information content (AvgIpc) is 2.75. The van der Waals surface area contributed by atoms with Gasteiger partial charge in [0.2, 0.25) is 0 Å². The van der Waals surface area contributed by atoms with Crippen LogP contribution in [0.25, 0.3) is 11.3 Å². The lowest BCUT2D eigenvalue weighted by Crippen LogP contribution is -1.98. The van der Waals surface area contributed by atoms with Crippen molar-refractivity contribution < 1.29 is 9.26 Å². The Morgan fingerprint density at radius 2 is 2.12 bits per heavy atom. The van der Waals surface area contributed by atoms with Gasteiger partial charge in [0.25, 0.3) is 0 Å². The van der Waals surface area contributed by atoms with Gasteiger partial charge in [-0.05, 0) is 31.0 Å². The van der Waals surface area contributed by atoms with Crippen molar-refractivity contribution in [1.29, 1.82) is 0 Å². The van der Waals surface area contributed by atoms with Gasteiger partial charge < -0.3 is 15.0 Å². The molecule has 2 rings (SSSR count). The number of methoxy groups -OCH3 is 1. The highest BCUT2D eigenvalue weighted by Gasteiger charge is 2.16. The molecule has 0 amide bonds. The number of nitrogens with zero attached hydrogens (tertiary/aromatic N) is 1. The normalized spacial score (nSPS) is 10.6. The van der Waals surface area contributed by atoms with Gasteiger partial charge in [-0.3, -0.25) is 0 Å². The molecule has 0 fully saturated rings. The van der Waals surface area contributed by atoms with Gasteiger partial charge in [0.05, 0.1) is 18.9 Å². The largest absolute Gasteiger partial charge is 0.496 e. The number of aryl methyl sites for hydroxylation is 2. The Labute approximate surface area is 100 Å². The Morgan fingerprint density at radius 3 is 2.76 bits per heavy atom. The first-order valence-electron chi connectivity index (χ1n) is 5.46. The number of benzene rings is 1. The van der Waals surface area contributed by atoms with E-state index in [9.17, 15) is 0 Å². The van der Waals surface area contributed by atoms with Crippen LogP contribution in [0.3, 0.4) is 0 Å². The molecular weight excluding hydrogens is 216 g/mol. The predicted octanol–water partition coefficient (Wildman–Crippen LogP) is 2.43.